The Morgan fingerprint density at radius 3 is 2.26 bits per heavy atom. The molecule has 2 atom stereocenters. The lowest BCUT2D eigenvalue weighted by molar-refractivity contribution is 0.0486. The zero-order valence-corrected chi connectivity index (χ0v) is 20.6. The van der Waals surface area contributed by atoms with Gasteiger partial charge in [-0.25, -0.2) is 0 Å². The van der Waals surface area contributed by atoms with E-state index >= 15 is 0 Å². The van der Waals surface area contributed by atoms with Crippen LogP contribution in [-0.4, -0.2) is 51.4 Å². The summed E-state index contributed by atoms with van der Waals surface area (Å²) in [4.78, 5) is 29.2. The van der Waals surface area contributed by atoms with Crippen molar-refractivity contribution in [3.63, 3.8) is 0 Å². The highest BCUT2D eigenvalue weighted by Gasteiger charge is 2.44. The normalized spacial score (nSPS) is 19.3. The van der Waals surface area contributed by atoms with E-state index < -0.39 is 6.04 Å². The van der Waals surface area contributed by atoms with E-state index in [-0.39, 0.29) is 23.2 Å². The zero-order chi connectivity index (χ0) is 24.9. The van der Waals surface area contributed by atoms with Gasteiger partial charge in [-0.3, -0.25) is 9.59 Å². The molecule has 2 aliphatic heterocycles. The molecule has 0 saturated carbocycles. The number of hydrogen-bond acceptors (Lipinski definition) is 7. The third kappa shape index (κ3) is 3.72. The number of benzene rings is 2. The SMILES string of the molecule is COc1cc([C@H]2c3c(oc4cc(C)c(C)cc4c3=O)C(=O)N2C[C@@H]2CCCO2)cc(OC)c1OC. The molecular formula is C27H29NO7. The summed E-state index contributed by atoms with van der Waals surface area (Å²) in [5.74, 6) is 1.06. The largest absolute Gasteiger partial charge is 0.493 e. The monoisotopic (exact) mass is 479 g/mol. The quantitative estimate of drug-likeness (QED) is 0.525. The molecular weight excluding hydrogens is 450 g/mol. The van der Waals surface area contributed by atoms with Gasteiger partial charge in [-0.2, -0.15) is 0 Å². The van der Waals surface area contributed by atoms with Crippen LogP contribution in [0.15, 0.2) is 33.5 Å². The van der Waals surface area contributed by atoms with Crippen molar-refractivity contribution in [1.29, 1.82) is 0 Å². The van der Waals surface area contributed by atoms with Crippen molar-refractivity contribution in [3.8, 4) is 17.2 Å². The Balaban J connectivity index is 1.76. The standard InChI is InChI=1S/C27H29NO7/c1-14-9-18-19(10-15(14)2)35-26-22(24(18)29)23(28(27(26)30)13-17-7-6-8-34-17)16-11-20(31-3)25(33-5)21(12-16)32-4/h9-12,17,23H,6-8,13H2,1-5H3/t17-,23-/m0/s1. The Morgan fingerprint density at radius 1 is 0.971 bits per heavy atom. The van der Waals surface area contributed by atoms with Crippen molar-refractivity contribution >= 4 is 16.9 Å². The van der Waals surface area contributed by atoms with Gasteiger partial charge >= 0.3 is 0 Å². The van der Waals surface area contributed by atoms with Gasteiger partial charge in [-0.1, -0.05) is 0 Å². The van der Waals surface area contributed by atoms with Gasteiger partial charge < -0.3 is 28.3 Å². The molecule has 1 fully saturated rings. The first-order valence-corrected chi connectivity index (χ1v) is 11.7. The minimum Gasteiger partial charge on any atom is -0.493 e. The number of rotatable bonds is 6. The molecule has 1 aromatic heterocycles. The molecule has 5 rings (SSSR count). The van der Waals surface area contributed by atoms with E-state index in [0.29, 0.717) is 52.5 Å². The first kappa shape index (κ1) is 23.2. The van der Waals surface area contributed by atoms with Gasteiger partial charge in [0.1, 0.15) is 5.58 Å². The highest BCUT2D eigenvalue weighted by molar-refractivity contribution is 5.99. The maximum atomic E-state index is 13.9. The van der Waals surface area contributed by atoms with E-state index in [1.807, 2.05) is 26.0 Å². The number of aryl methyl sites for hydroxylation is 2. The Kier molecular flexibility index (Phi) is 5.92. The van der Waals surface area contributed by atoms with Crippen LogP contribution < -0.4 is 19.6 Å². The van der Waals surface area contributed by atoms with Crippen LogP contribution >= 0.6 is 0 Å². The molecule has 8 heteroatoms. The van der Waals surface area contributed by atoms with Crippen LogP contribution in [0.2, 0.25) is 0 Å². The van der Waals surface area contributed by atoms with Crippen molar-refractivity contribution in [2.75, 3.05) is 34.5 Å². The van der Waals surface area contributed by atoms with Crippen LogP contribution in [0.25, 0.3) is 11.0 Å². The molecule has 2 aromatic carbocycles. The van der Waals surface area contributed by atoms with E-state index in [2.05, 4.69) is 0 Å². The Bertz CT molecular complexity index is 1350. The maximum absolute atomic E-state index is 13.9. The first-order valence-electron chi connectivity index (χ1n) is 11.7. The van der Waals surface area contributed by atoms with E-state index in [0.717, 1.165) is 24.0 Å². The van der Waals surface area contributed by atoms with Gasteiger partial charge in [0.25, 0.3) is 5.91 Å². The lowest BCUT2D eigenvalue weighted by Gasteiger charge is -2.28. The van der Waals surface area contributed by atoms with Crippen molar-refractivity contribution < 1.29 is 28.2 Å². The number of amides is 1. The van der Waals surface area contributed by atoms with Crippen LogP contribution in [0.1, 0.15) is 51.7 Å². The molecule has 35 heavy (non-hydrogen) atoms. The van der Waals surface area contributed by atoms with E-state index in [1.54, 1.807) is 17.0 Å². The topological polar surface area (TPSA) is 87.4 Å². The number of hydrogen-bond donors (Lipinski definition) is 0. The minimum atomic E-state index is -0.683. The second-order valence-electron chi connectivity index (χ2n) is 9.06. The molecule has 3 heterocycles. The summed E-state index contributed by atoms with van der Waals surface area (Å²) >= 11 is 0. The average Bonchev–Trinajstić information content (AvgIpc) is 3.47. The summed E-state index contributed by atoms with van der Waals surface area (Å²) in [6.45, 7) is 4.91. The van der Waals surface area contributed by atoms with Gasteiger partial charge in [-0.05, 0) is 67.6 Å². The Labute approximate surface area is 203 Å². The maximum Gasteiger partial charge on any atom is 0.291 e. The van der Waals surface area contributed by atoms with Gasteiger partial charge in [0.05, 0.1) is 44.4 Å². The number of carbonyl (C=O) groups is 1. The third-order valence-corrected chi connectivity index (χ3v) is 7.01. The lowest BCUT2D eigenvalue weighted by Crippen LogP contribution is -2.36. The molecule has 0 unspecified atom stereocenters. The van der Waals surface area contributed by atoms with Gasteiger partial charge in [0.15, 0.2) is 16.9 Å². The van der Waals surface area contributed by atoms with Crippen molar-refractivity contribution in [2.45, 2.75) is 38.8 Å². The molecule has 0 radical (unpaired) electrons. The predicted molar refractivity (Wildman–Crippen MR) is 130 cm³/mol. The fraction of sp³-hybridized carbons (Fsp3) is 0.407. The first-order chi connectivity index (χ1) is 16.9. The van der Waals surface area contributed by atoms with E-state index in [9.17, 15) is 9.59 Å². The van der Waals surface area contributed by atoms with Crippen LogP contribution in [0.4, 0.5) is 0 Å². The van der Waals surface area contributed by atoms with Gasteiger partial charge in [0, 0.05) is 13.2 Å². The summed E-state index contributed by atoms with van der Waals surface area (Å²) in [6, 6.07) is 6.52. The molecule has 8 nitrogen and oxygen atoms in total. The minimum absolute atomic E-state index is 0.0718. The van der Waals surface area contributed by atoms with Crippen LogP contribution in [0, 0.1) is 13.8 Å². The average molecular weight is 480 g/mol. The van der Waals surface area contributed by atoms with Crippen LogP contribution in [0.5, 0.6) is 17.2 Å². The molecule has 2 aliphatic rings. The molecule has 0 bridgehead atoms. The Morgan fingerprint density at radius 2 is 1.66 bits per heavy atom. The van der Waals surface area contributed by atoms with Crippen LogP contribution in [-0.2, 0) is 4.74 Å². The van der Waals surface area contributed by atoms with Gasteiger partial charge in [0.2, 0.25) is 11.5 Å². The smallest absolute Gasteiger partial charge is 0.291 e. The second kappa shape index (κ2) is 8.92. The third-order valence-electron chi connectivity index (χ3n) is 7.01. The van der Waals surface area contributed by atoms with Crippen molar-refractivity contribution in [3.05, 3.63) is 62.5 Å². The molecule has 0 N–H and O–H groups in total. The summed E-state index contributed by atoms with van der Waals surface area (Å²) in [5, 5.41) is 0.455. The highest BCUT2D eigenvalue weighted by atomic mass is 16.5. The van der Waals surface area contributed by atoms with Crippen LogP contribution in [0.3, 0.4) is 0 Å². The molecule has 1 amide bonds. The number of carbonyl (C=O) groups excluding carboxylic acids is 1. The molecule has 3 aromatic rings. The number of fused-ring (bicyclic) bond motifs is 2. The Hall–Kier alpha value is -3.52. The predicted octanol–water partition coefficient (Wildman–Crippen LogP) is 4.16. The molecule has 1 saturated heterocycles. The highest BCUT2D eigenvalue weighted by Crippen LogP contribution is 2.45. The molecule has 0 spiro atoms. The second-order valence-corrected chi connectivity index (χ2v) is 9.06. The summed E-state index contributed by atoms with van der Waals surface area (Å²) < 4.78 is 28.5. The number of nitrogens with zero attached hydrogens (tertiary/aromatic N) is 1. The van der Waals surface area contributed by atoms with Crippen molar-refractivity contribution in [1.82, 2.24) is 4.90 Å². The van der Waals surface area contributed by atoms with Crippen molar-refractivity contribution in [2.24, 2.45) is 0 Å². The number of ether oxygens (including phenoxy) is 4. The zero-order valence-electron chi connectivity index (χ0n) is 20.6. The summed E-state index contributed by atoms with van der Waals surface area (Å²) in [7, 11) is 4.60. The van der Waals surface area contributed by atoms with E-state index in [1.165, 1.54) is 21.3 Å². The summed E-state index contributed by atoms with van der Waals surface area (Å²) in [5.41, 5.74) is 3.15. The molecule has 184 valence electrons. The fourth-order valence-corrected chi connectivity index (χ4v) is 5.08. The number of methoxy groups -OCH3 is 3. The molecule has 0 aliphatic carbocycles. The summed E-state index contributed by atoms with van der Waals surface area (Å²) in [6.07, 6.45) is 1.68. The lowest BCUT2D eigenvalue weighted by atomic mass is 9.96. The van der Waals surface area contributed by atoms with Gasteiger partial charge in [-0.15, -0.1) is 0 Å². The fourth-order valence-electron chi connectivity index (χ4n) is 5.08. The van der Waals surface area contributed by atoms with E-state index in [4.69, 9.17) is 23.4 Å².